The quantitative estimate of drug-likeness (QED) is 0.739. The molecule has 3 rings (SSSR count). The fourth-order valence-electron chi connectivity index (χ4n) is 2.31. The van der Waals surface area contributed by atoms with Crippen LogP contribution in [0.4, 0.5) is 5.69 Å². The number of carboxylic acids is 1. The molecule has 6 heteroatoms. The number of aromatic nitrogens is 2. The minimum Gasteiger partial charge on any atom is -0.545 e. The zero-order valence-electron chi connectivity index (χ0n) is 12.9. The summed E-state index contributed by atoms with van der Waals surface area (Å²) in [4.78, 5) is 26.5. The maximum absolute atomic E-state index is 11.6. The Morgan fingerprint density at radius 1 is 1.21 bits per heavy atom. The lowest BCUT2D eigenvalue weighted by atomic mass is 10.1. The van der Waals surface area contributed by atoms with E-state index in [0.717, 1.165) is 28.5 Å². The Morgan fingerprint density at radius 2 is 2.04 bits per heavy atom. The van der Waals surface area contributed by atoms with E-state index in [4.69, 9.17) is 0 Å². The third-order valence-electron chi connectivity index (χ3n) is 3.41. The van der Waals surface area contributed by atoms with Gasteiger partial charge in [-0.1, -0.05) is 12.1 Å². The van der Waals surface area contributed by atoms with Crippen LogP contribution in [0, 0.1) is 6.92 Å². The van der Waals surface area contributed by atoms with E-state index in [2.05, 4.69) is 10.3 Å². The van der Waals surface area contributed by atoms with Crippen LogP contribution in [0.5, 0.6) is 0 Å². The molecule has 1 amide bonds. The van der Waals surface area contributed by atoms with E-state index in [-0.39, 0.29) is 0 Å². The van der Waals surface area contributed by atoms with Gasteiger partial charge in [-0.15, -0.1) is 0 Å². The van der Waals surface area contributed by atoms with Crippen molar-refractivity contribution in [1.29, 1.82) is 0 Å². The second-order valence-electron chi connectivity index (χ2n) is 5.32. The molecule has 0 aliphatic carbocycles. The number of carbonyl (C=O) groups excluding carboxylic acids is 2. The Bertz CT molecular complexity index is 957. The number of anilines is 1. The number of fused-ring (bicyclic) bond motifs is 1. The maximum Gasteiger partial charge on any atom is 0.248 e. The van der Waals surface area contributed by atoms with Gasteiger partial charge in [-0.25, -0.2) is 4.98 Å². The Kier molecular flexibility index (Phi) is 4.11. The molecule has 0 radical (unpaired) electrons. The number of aryl methyl sites for hydroxylation is 1. The molecule has 0 bridgehead atoms. The van der Waals surface area contributed by atoms with Crippen LogP contribution in [-0.2, 0) is 9.59 Å². The number of carboxylic acid groups (broad SMARTS) is 1. The van der Waals surface area contributed by atoms with Crippen LogP contribution >= 0.6 is 0 Å². The molecule has 0 unspecified atom stereocenters. The smallest absolute Gasteiger partial charge is 0.248 e. The monoisotopic (exact) mass is 320 g/mol. The van der Waals surface area contributed by atoms with Crippen molar-refractivity contribution < 1.29 is 14.7 Å². The highest BCUT2D eigenvalue weighted by Gasteiger charge is 2.06. The van der Waals surface area contributed by atoms with E-state index in [0.29, 0.717) is 11.8 Å². The molecule has 0 atom stereocenters. The lowest BCUT2D eigenvalue weighted by Gasteiger charge is -2.04. The second-order valence-corrected chi connectivity index (χ2v) is 5.32. The molecule has 0 saturated heterocycles. The normalized spacial score (nSPS) is 11.0. The highest BCUT2D eigenvalue weighted by Crippen LogP contribution is 2.22. The van der Waals surface area contributed by atoms with Crippen molar-refractivity contribution in [3.05, 3.63) is 66.5 Å². The van der Waals surface area contributed by atoms with Crippen LogP contribution in [0.25, 0.3) is 16.9 Å². The number of amides is 1. The fraction of sp³-hybridized carbons (Fsp3) is 0.0556. The number of rotatable bonds is 4. The summed E-state index contributed by atoms with van der Waals surface area (Å²) in [6, 6.07) is 11.2. The van der Waals surface area contributed by atoms with Crippen LogP contribution in [0.3, 0.4) is 0 Å². The number of imidazole rings is 1. The van der Waals surface area contributed by atoms with E-state index >= 15 is 0 Å². The van der Waals surface area contributed by atoms with Gasteiger partial charge in [0.2, 0.25) is 5.91 Å². The third kappa shape index (κ3) is 3.49. The summed E-state index contributed by atoms with van der Waals surface area (Å²) in [7, 11) is 0. The average molecular weight is 320 g/mol. The van der Waals surface area contributed by atoms with Crippen LogP contribution < -0.4 is 10.4 Å². The summed E-state index contributed by atoms with van der Waals surface area (Å²) in [5.74, 6) is -1.96. The van der Waals surface area contributed by atoms with Crippen molar-refractivity contribution in [3.63, 3.8) is 0 Å². The first-order valence-electron chi connectivity index (χ1n) is 7.27. The van der Waals surface area contributed by atoms with Crippen molar-refractivity contribution >= 4 is 23.2 Å². The number of nitrogens with zero attached hydrogens (tertiary/aromatic N) is 2. The summed E-state index contributed by atoms with van der Waals surface area (Å²) in [6.07, 6.45) is 5.45. The lowest BCUT2D eigenvalue weighted by Crippen LogP contribution is -2.20. The maximum atomic E-state index is 11.6. The number of aliphatic carboxylic acids is 1. The number of hydrogen-bond donors (Lipinski definition) is 1. The summed E-state index contributed by atoms with van der Waals surface area (Å²) >= 11 is 0. The SMILES string of the molecule is Cc1ccn2cc(-c3cccc(NC(=O)/C=C/C(=O)[O-])c3)nc2c1. The molecule has 1 aromatic carbocycles. The lowest BCUT2D eigenvalue weighted by molar-refractivity contribution is -0.297. The Hall–Kier alpha value is -3.41. The first-order chi connectivity index (χ1) is 11.5. The van der Waals surface area contributed by atoms with Gasteiger partial charge in [-0.2, -0.15) is 0 Å². The molecular formula is C18H14N3O3-. The van der Waals surface area contributed by atoms with Crippen molar-refractivity contribution in [1.82, 2.24) is 9.38 Å². The largest absolute Gasteiger partial charge is 0.545 e. The van der Waals surface area contributed by atoms with Crippen molar-refractivity contribution in [2.45, 2.75) is 6.92 Å². The Morgan fingerprint density at radius 3 is 2.83 bits per heavy atom. The van der Waals surface area contributed by atoms with Gasteiger partial charge in [0.15, 0.2) is 0 Å². The number of nitrogens with one attached hydrogen (secondary N) is 1. The predicted octanol–water partition coefficient (Wildman–Crippen LogP) is 1.55. The summed E-state index contributed by atoms with van der Waals surface area (Å²) in [5, 5.41) is 12.9. The molecule has 24 heavy (non-hydrogen) atoms. The van der Waals surface area contributed by atoms with Gasteiger partial charge < -0.3 is 19.6 Å². The van der Waals surface area contributed by atoms with Crippen LogP contribution in [0.15, 0.2) is 60.9 Å². The fourth-order valence-corrected chi connectivity index (χ4v) is 2.31. The molecule has 120 valence electrons. The first kappa shape index (κ1) is 15.5. The van der Waals surface area contributed by atoms with Crippen molar-refractivity contribution in [3.8, 4) is 11.3 Å². The van der Waals surface area contributed by atoms with E-state index in [1.807, 2.05) is 41.9 Å². The van der Waals surface area contributed by atoms with Gasteiger partial charge in [0, 0.05) is 29.7 Å². The van der Waals surface area contributed by atoms with Gasteiger partial charge >= 0.3 is 0 Å². The number of hydrogen-bond acceptors (Lipinski definition) is 4. The van der Waals surface area contributed by atoms with Crippen LogP contribution in [0.1, 0.15) is 5.56 Å². The van der Waals surface area contributed by atoms with Crippen LogP contribution in [0.2, 0.25) is 0 Å². The van der Waals surface area contributed by atoms with E-state index < -0.39 is 11.9 Å². The molecule has 1 N–H and O–H groups in total. The minimum atomic E-state index is -1.42. The molecule has 2 heterocycles. The van der Waals surface area contributed by atoms with Crippen molar-refractivity contribution in [2.75, 3.05) is 5.32 Å². The summed E-state index contributed by atoms with van der Waals surface area (Å²) in [5.41, 5.74) is 4.14. The topological polar surface area (TPSA) is 86.5 Å². The van der Waals surface area contributed by atoms with Gasteiger partial charge in [-0.05, 0) is 42.8 Å². The first-order valence-corrected chi connectivity index (χ1v) is 7.27. The number of pyridine rings is 1. The molecule has 3 aromatic rings. The second kappa shape index (κ2) is 6.37. The molecular weight excluding hydrogens is 306 g/mol. The molecule has 0 aliphatic rings. The van der Waals surface area contributed by atoms with Gasteiger partial charge in [0.1, 0.15) is 5.65 Å². The molecule has 6 nitrogen and oxygen atoms in total. The number of benzene rings is 1. The van der Waals surface area contributed by atoms with E-state index in [1.54, 1.807) is 18.2 Å². The van der Waals surface area contributed by atoms with Gasteiger partial charge in [-0.3, -0.25) is 4.79 Å². The Balaban J connectivity index is 1.86. The average Bonchev–Trinajstić information content (AvgIpc) is 2.96. The molecule has 0 fully saturated rings. The molecule has 0 aliphatic heterocycles. The standard InChI is InChI=1S/C18H15N3O3/c1-12-7-8-21-11-15(20-16(21)9-12)13-3-2-4-14(10-13)19-17(22)5-6-18(23)24/h2-11H,1H3,(H,19,22)(H,23,24)/p-1/b6-5+. The molecule has 2 aromatic heterocycles. The minimum absolute atomic E-state index is 0.540. The summed E-state index contributed by atoms with van der Waals surface area (Å²) in [6.45, 7) is 2.00. The molecule has 0 spiro atoms. The third-order valence-corrected chi connectivity index (χ3v) is 3.41. The zero-order chi connectivity index (χ0) is 17.1. The van der Waals surface area contributed by atoms with Gasteiger partial charge in [0.25, 0.3) is 0 Å². The number of carbonyl (C=O) groups is 2. The van der Waals surface area contributed by atoms with E-state index in [1.165, 1.54) is 0 Å². The van der Waals surface area contributed by atoms with Gasteiger partial charge in [0.05, 0.1) is 11.7 Å². The molecule has 0 saturated carbocycles. The summed E-state index contributed by atoms with van der Waals surface area (Å²) < 4.78 is 1.93. The highest BCUT2D eigenvalue weighted by atomic mass is 16.4. The van der Waals surface area contributed by atoms with Crippen molar-refractivity contribution in [2.24, 2.45) is 0 Å². The zero-order valence-corrected chi connectivity index (χ0v) is 12.9. The predicted molar refractivity (Wildman–Crippen MR) is 88.1 cm³/mol. The van der Waals surface area contributed by atoms with E-state index in [9.17, 15) is 14.7 Å². The Labute approximate surface area is 138 Å². The highest BCUT2D eigenvalue weighted by molar-refractivity contribution is 6.02. The van der Waals surface area contributed by atoms with Crippen LogP contribution in [-0.4, -0.2) is 21.3 Å².